The fourth-order valence-corrected chi connectivity index (χ4v) is 1.83. The van der Waals surface area contributed by atoms with E-state index in [-0.39, 0.29) is 0 Å². The maximum absolute atomic E-state index is 8.83. The van der Waals surface area contributed by atoms with Gasteiger partial charge < -0.3 is 0 Å². The summed E-state index contributed by atoms with van der Waals surface area (Å²) in [5.41, 5.74) is 4.03. The van der Waals surface area contributed by atoms with Crippen molar-refractivity contribution in [2.24, 2.45) is 0 Å². The topological polar surface area (TPSA) is 49.6 Å². The van der Waals surface area contributed by atoms with Gasteiger partial charge in [0.25, 0.3) is 0 Å². The summed E-state index contributed by atoms with van der Waals surface area (Å²) in [6.07, 6.45) is 1.73. The van der Waals surface area contributed by atoms with Crippen LogP contribution in [0.5, 0.6) is 0 Å². The Balaban J connectivity index is 2.16. The lowest BCUT2D eigenvalue weighted by atomic mass is 10.1. The molecule has 0 aliphatic carbocycles. The molecule has 18 heavy (non-hydrogen) atoms. The number of aromatic nitrogens is 2. The molecule has 1 aromatic heterocycles. The van der Waals surface area contributed by atoms with Crippen LogP contribution in [0.15, 0.2) is 54.7 Å². The Kier molecular flexibility index (Phi) is 2.47. The zero-order valence-electron chi connectivity index (χ0n) is 9.54. The Bertz CT molecular complexity index is 743. The first-order chi connectivity index (χ1) is 8.86. The molecule has 3 heteroatoms. The van der Waals surface area contributed by atoms with Crippen molar-refractivity contribution in [2.45, 2.75) is 0 Å². The molecule has 0 aliphatic heterocycles. The first-order valence-electron chi connectivity index (χ1n) is 5.59. The van der Waals surface area contributed by atoms with Gasteiger partial charge in [-0.3, -0.25) is 4.98 Å². The van der Waals surface area contributed by atoms with E-state index in [9.17, 15) is 0 Å². The molecule has 84 valence electrons. The van der Waals surface area contributed by atoms with Crippen LogP contribution in [0.1, 0.15) is 5.56 Å². The van der Waals surface area contributed by atoms with Crippen LogP contribution in [0.4, 0.5) is 0 Å². The summed E-state index contributed by atoms with van der Waals surface area (Å²) < 4.78 is 0. The van der Waals surface area contributed by atoms with Crippen LogP contribution in [0.3, 0.4) is 0 Å². The maximum Gasteiger partial charge on any atom is 0.0992 e. The summed E-state index contributed by atoms with van der Waals surface area (Å²) in [6.45, 7) is 0. The van der Waals surface area contributed by atoms with Gasteiger partial charge in [0.05, 0.1) is 34.6 Å². The van der Waals surface area contributed by atoms with Crippen LogP contribution < -0.4 is 0 Å². The van der Waals surface area contributed by atoms with Crippen molar-refractivity contribution in [2.75, 3.05) is 0 Å². The second kappa shape index (κ2) is 4.27. The highest BCUT2D eigenvalue weighted by Gasteiger charge is 2.02. The van der Waals surface area contributed by atoms with Crippen LogP contribution in [-0.4, -0.2) is 9.97 Å². The minimum absolute atomic E-state index is 0.601. The van der Waals surface area contributed by atoms with Gasteiger partial charge in [-0.05, 0) is 18.2 Å². The van der Waals surface area contributed by atoms with E-state index in [0.29, 0.717) is 5.56 Å². The lowest BCUT2D eigenvalue weighted by molar-refractivity contribution is 1.29. The SMILES string of the molecule is N#Cc1ccc2nc(-c3ccccc3)cnc2c1. The molecule has 0 amide bonds. The minimum Gasteiger partial charge on any atom is -0.252 e. The van der Waals surface area contributed by atoms with E-state index in [2.05, 4.69) is 16.0 Å². The third-order valence-corrected chi connectivity index (χ3v) is 2.74. The number of rotatable bonds is 1. The van der Waals surface area contributed by atoms with E-state index in [4.69, 9.17) is 5.26 Å². The van der Waals surface area contributed by atoms with E-state index < -0.39 is 0 Å². The van der Waals surface area contributed by atoms with E-state index in [0.717, 1.165) is 22.3 Å². The zero-order chi connectivity index (χ0) is 12.4. The molecule has 2 aromatic carbocycles. The quantitative estimate of drug-likeness (QED) is 0.646. The number of benzene rings is 2. The number of fused-ring (bicyclic) bond motifs is 1. The summed E-state index contributed by atoms with van der Waals surface area (Å²) in [4.78, 5) is 8.90. The summed E-state index contributed by atoms with van der Waals surface area (Å²) in [6, 6.07) is 17.3. The van der Waals surface area contributed by atoms with E-state index in [1.54, 1.807) is 18.3 Å². The Morgan fingerprint density at radius 1 is 0.944 bits per heavy atom. The molecule has 0 fully saturated rings. The van der Waals surface area contributed by atoms with Crippen molar-refractivity contribution in [1.29, 1.82) is 5.26 Å². The number of nitrogens with zero attached hydrogens (tertiary/aromatic N) is 3. The van der Waals surface area contributed by atoms with Gasteiger partial charge in [-0.2, -0.15) is 5.26 Å². The van der Waals surface area contributed by atoms with Gasteiger partial charge in [-0.1, -0.05) is 30.3 Å². The molecule has 0 unspecified atom stereocenters. The number of nitriles is 1. The van der Waals surface area contributed by atoms with Crippen molar-refractivity contribution in [3.05, 3.63) is 60.3 Å². The molecule has 0 atom stereocenters. The van der Waals surface area contributed by atoms with Crippen LogP contribution >= 0.6 is 0 Å². The first kappa shape index (κ1) is 10.4. The van der Waals surface area contributed by atoms with Gasteiger partial charge in [0, 0.05) is 5.56 Å². The molecule has 0 spiro atoms. The fraction of sp³-hybridized carbons (Fsp3) is 0. The molecule has 0 saturated heterocycles. The molecule has 3 rings (SSSR count). The fourth-order valence-electron chi connectivity index (χ4n) is 1.83. The molecule has 0 saturated carbocycles. The number of hydrogen-bond acceptors (Lipinski definition) is 3. The predicted octanol–water partition coefficient (Wildman–Crippen LogP) is 3.17. The average molecular weight is 231 g/mol. The maximum atomic E-state index is 8.83. The highest BCUT2D eigenvalue weighted by atomic mass is 14.8. The Hall–Kier alpha value is -2.73. The molecule has 1 heterocycles. The average Bonchev–Trinajstić information content (AvgIpc) is 2.47. The largest absolute Gasteiger partial charge is 0.252 e. The van der Waals surface area contributed by atoms with Crippen LogP contribution in [0, 0.1) is 11.3 Å². The highest BCUT2D eigenvalue weighted by molar-refractivity contribution is 5.78. The van der Waals surface area contributed by atoms with Crippen molar-refractivity contribution in [3.8, 4) is 17.3 Å². The molecular weight excluding hydrogens is 222 g/mol. The summed E-state index contributed by atoms with van der Waals surface area (Å²) in [7, 11) is 0. The second-order valence-corrected chi connectivity index (χ2v) is 3.94. The lowest BCUT2D eigenvalue weighted by Gasteiger charge is -2.02. The highest BCUT2D eigenvalue weighted by Crippen LogP contribution is 2.19. The molecular formula is C15H9N3. The van der Waals surface area contributed by atoms with Crippen LogP contribution in [0.25, 0.3) is 22.3 Å². The smallest absolute Gasteiger partial charge is 0.0992 e. The molecule has 0 radical (unpaired) electrons. The molecule has 0 aliphatic rings. The van der Waals surface area contributed by atoms with Crippen molar-refractivity contribution >= 4 is 11.0 Å². The molecule has 3 nitrogen and oxygen atoms in total. The van der Waals surface area contributed by atoms with Crippen molar-refractivity contribution in [3.63, 3.8) is 0 Å². The molecule has 0 N–H and O–H groups in total. The number of hydrogen-bond donors (Lipinski definition) is 0. The third kappa shape index (κ3) is 1.80. The predicted molar refractivity (Wildman–Crippen MR) is 69.7 cm³/mol. The van der Waals surface area contributed by atoms with E-state index in [1.807, 2.05) is 36.4 Å². The molecule has 3 aromatic rings. The van der Waals surface area contributed by atoms with Gasteiger partial charge in [0.2, 0.25) is 0 Å². The Morgan fingerprint density at radius 3 is 2.56 bits per heavy atom. The van der Waals surface area contributed by atoms with Gasteiger partial charge in [0.1, 0.15) is 0 Å². The van der Waals surface area contributed by atoms with Crippen LogP contribution in [-0.2, 0) is 0 Å². The zero-order valence-corrected chi connectivity index (χ0v) is 9.54. The molecule has 0 bridgehead atoms. The Labute approximate surface area is 104 Å². The van der Waals surface area contributed by atoms with Crippen LogP contribution in [0.2, 0.25) is 0 Å². The van der Waals surface area contributed by atoms with E-state index in [1.165, 1.54) is 0 Å². The van der Waals surface area contributed by atoms with Gasteiger partial charge in [-0.15, -0.1) is 0 Å². The standard InChI is InChI=1S/C15H9N3/c16-9-11-6-7-13-14(8-11)17-10-15(18-13)12-4-2-1-3-5-12/h1-8,10H. The van der Waals surface area contributed by atoms with Gasteiger partial charge in [-0.25, -0.2) is 4.98 Å². The summed E-state index contributed by atoms with van der Waals surface area (Å²) in [5, 5.41) is 8.83. The Morgan fingerprint density at radius 2 is 1.78 bits per heavy atom. The normalized spacial score (nSPS) is 10.2. The third-order valence-electron chi connectivity index (χ3n) is 2.74. The van der Waals surface area contributed by atoms with E-state index >= 15 is 0 Å². The van der Waals surface area contributed by atoms with Crippen molar-refractivity contribution in [1.82, 2.24) is 9.97 Å². The summed E-state index contributed by atoms with van der Waals surface area (Å²) >= 11 is 0. The van der Waals surface area contributed by atoms with Crippen molar-refractivity contribution < 1.29 is 0 Å². The minimum atomic E-state index is 0.601. The summed E-state index contributed by atoms with van der Waals surface area (Å²) in [5.74, 6) is 0. The van der Waals surface area contributed by atoms with Gasteiger partial charge in [0.15, 0.2) is 0 Å². The van der Waals surface area contributed by atoms with Gasteiger partial charge >= 0.3 is 0 Å². The lowest BCUT2D eigenvalue weighted by Crippen LogP contribution is -1.89. The first-order valence-corrected chi connectivity index (χ1v) is 5.59. The second-order valence-electron chi connectivity index (χ2n) is 3.94. The monoisotopic (exact) mass is 231 g/mol.